The first-order chi connectivity index (χ1) is 9.27. The molecule has 20 heavy (non-hydrogen) atoms. The number of hydrogen-bond donors (Lipinski definition) is 1. The maximum absolute atomic E-state index is 12.2. The summed E-state index contributed by atoms with van der Waals surface area (Å²) in [6.07, 6.45) is -2.04. The summed E-state index contributed by atoms with van der Waals surface area (Å²) in [4.78, 5) is 2.11. The Labute approximate surface area is 119 Å². The molecule has 0 aromatic rings. The number of nitrogens with zero attached hydrogens (tertiary/aromatic N) is 1. The van der Waals surface area contributed by atoms with Gasteiger partial charge in [0.05, 0.1) is 6.61 Å². The second kappa shape index (κ2) is 7.61. The van der Waals surface area contributed by atoms with Crippen molar-refractivity contribution in [3.63, 3.8) is 0 Å². The van der Waals surface area contributed by atoms with Gasteiger partial charge in [-0.3, -0.25) is 4.90 Å². The highest BCUT2D eigenvalue weighted by molar-refractivity contribution is 4.87. The number of alkyl halides is 3. The van der Waals surface area contributed by atoms with Gasteiger partial charge in [-0.15, -0.1) is 0 Å². The highest BCUT2D eigenvalue weighted by Gasteiger charge is 2.32. The third kappa shape index (κ3) is 5.97. The van der Waals surface area contributed by atoms with E-state index in [1.54, 1.807) is 0 Å². The van der Waals surface area contributed by atoms with Crippen molar-refractivity contribution < 1.29 is 17.9 Å². The number of nitrogens with two attached hydrogens (primary N) is 1. The average molecular weight is 296 g/mol. The lowest BCUT2D eigenvalue weighted by Gasteiger charge is -2.40. The molecule has 1 heterocycles. The molecule has 1 fully saturated rings. The van der Waals surface area contributed by atoms with Gasteiger partial charge in [0.25, 0.3) is 0 Å². The van der Waals surface area contributed by atoms with Crippen LogP contribution in [0.2, 0.25) is 0 Å². The van der Waals surface area contributed by atoms with E-state index in [4.69, 9.17) is 10.5 Å². The van der Waals surface area contributed by atoms with Crippen molar-refractivity contribution in [3.05, 3.63) is 0 Å². The first-order valence-corrected chi connectivity index (χ1v) is 7.32. The summed E-state index contributed by atoms with van der Waals surface area (Å²) in [6.45, 7) is 4.72. The molecular formula is C14H27F3N2O. The van der Waals surface area contributed by atoms with E-state index in [1.807, 2.05) is 14.0 Å². The van der Waals surface area contributed by atoms with Gasteiger partial charge in [0.15, 0.2) is 0 Å². The standard InChI is InChI=1S/C14H27F3N2O/c1-13(11-18,6-4-7-14(15,16)17)19(2)9-12-5-3-8-20-10-12/h12H,3-11,18H2,1-2H3. The molecule has 1 rings (SSSR count). The fraction of sp³-hybridized carbons (Fsp3) is 1.00. The third-order valence-corrected chi connectivity index (χ3v) is 4.32. The Morgan fingerprint density at radius 1 is 1.30 bits per heavy atom. The van der Waals surface area contributed by atoms with Crippen molar-refractivity contribution >= 4 is 0 Å². The maximum Gasteiger partial charge on any atom is 0.389 e. The molecule has 2 atom stereocenters. The molecule has 0 aliphatic carbocycles. The summed E-state index contributed by atoms with van der Waals surface area (Å²) < 4.78 is 42.2. The number of rotatable bonds is 7. The molecule has 120 valence electrons. The van der Waals surface area contributed by atoms with Crippen molar-refractivity contribution in [1.29, 1.82) is 0 Å². The van der Waals surface area contributed by atoms with E-state index in [-0.39, 0.29) is 12.0 Å². The molecule has 0 bridgehead atoms. The van der Waals surface area contributed by atoms with Crippen molar-refractivity contribution in [2.45, 2.75) is 50.7 Å². The van der Waals surface area contributed by atoms with Crippen LogP contribution in [-0.2, 0) is 4.74 Å². The Balaban J connectivity index is 2.44. The van der Waals surface area contributed by atoms with Gasteiger partial charge >= 0.3 is 6.18 Å². The molecule has 0 saturated carbocycles. The summed E-state index contributed by atoms with van der Waals surface area (Å²) in [6, 6.07) is 0. The molecule has 0 amide bonds. The van der Waals surface area contributed by atoms with Crippen LogP contribution in [0.3, 0.4) is 0 Å². The van der Waals surface area contributed by atoms with Crippen molar-refractivity contribution in [3.8, 4) is 0 Å². The van der Waals surface area contributed by atoms with Crippen LogP contribution in [0.5, 0.6) is 0 Å². The lowest BCUT2D eigenvalue weighted by Crippen LogP contribution is -2.51. The Morgan fingerprint density at radius 3 is 2.50 bits per heavy atom. The predicted molar refractivity (Wildman–Crippen MR) is 73.5 cm³/mol. The Hall–Kier alpha value is -0.330. The minimum atomic E-state index is -4.08. The van der Waals surface area contributed by atoms with Gasteiger partial charge in [-0.2, -0.15) is 13.2 Å². The summed E-state index contributed by atoms with van der Waals surface area (Å²) in [5, 5.41) is 0. The number of halogens is 3. The molecule has 2 N–H and O–H groups in total. The molecule has 6 heteroatoms. The minimum absolute atomic E-state index is 0.128. The summed E-state index contributed by atoms with van der Waals surface area (Å²) in [7, 11) is 1.95. The first kappa shape index (κ1) is 17.7. The maximum atomic E-state index is 12.2. The molecule has 3 nitrogen and oxygen atoms in total. The zero-order valence-corrected chi connectivity index (χ0v) is 12.5. The van der Waals surface area contributed by atoms with Crippen LogP contribution in [0.4, 0.5) is 13.2 Å². The molecule has 1 aliphatic heterocycles. The second-order valence-electron chi connectivity index (χ2n) is 6.13. The molecule has 0 radical (unpaired) electrons. The van der Waals surface area contributed by atoms with E-state index in [2.05, 4.69) is 4.90 Å². The van der Waals surface area contributed by atoms with E-state index < -0.39 is 12.6 Å². The van der Waals surface area contributed by atoms with Gasteiger partial charge in [-0.25, -0.2) is 0 Å². The molecule has 1 saturated heterocycles. The van der Waals surface area contributed by atoms with E-state index >= 15 is 0 Å². The third-order valence-electron chi connectivity index (χ3n) is 4.32. The van der Waals surface area contributed by atoms with Crippen molar-refractivity contribution in [2.75, 3.05) is 33.4 Å². The van der Waals surface area contributed by atoms with Gasteiger partial charge in [-0.1, -0.05) is 0 Å². The Morgan fingerprint density at radius 2 is 2.00 bits per heavy atom. The van der Waals surface area contributed by atoms with Crippen LogP contribution in [-0.4, -0.2) is 50.0 Å². The van der Waals surface area contributed by atoms with Crippen LogP contribution < -0.4 is 5.73 Å². The molecule has 1 aliphatic rings. The monoisotopic (exact) mass is 296 g/mol. The van der Waals surface area contributed by atoms with Gasteiger partial charge in [0, 0.05) is 31.7 Å². The van der Waals surface area contributed by atoms with Crippen LogP contribution in [0.1, 0.15) is 39.0 Å². The lowest BCUT2D eigenvalue weighted by atomic mass is 9.91. The van der Waals surface area contributed by atoms with Gasteiger partial charge in [-0.05, 0) is 45.6 Å². The first-order valence-electron chi connectivity index (χ1n) is 7.32. The highest BCUT2D eigenvalue weighted by Crippen LogP contribution is 2.28. The average Bonchev–Trinajstić information content (AvgIpc) is 2.38. The van der Waals surface area contributed by atoms with E-state index in [0.717, 1.165) is 32.6 Å². The molecular weight excluding hydrogens is 269 g/mol. The van der Waals surface area contributed by atoms with E-state index in [1.165, 1.54) is 0 Å². The van der Waals surface area contributed by atoms with E-state index in [0.29, 0.717) is 18.9 Å². The van der Waals surface area contributed by atoms with Crippen LogP contribution in [0, 0.1) is 5.92 Å². The fourth-order valence-electron chi connectivity index (χ4n) is 2.68. The van der Waals surface area contributed by atoms with Crippen LogP contribution in [0.25, 0.3) is 0 Å². The minimum Gasteiger partial charge on any atom is -0.381 e. The fourth-order valence-corrected chi connectivity index (χ4v) is 2.68. The lowest BCUT2D eigenvalue weighted by molar-refractivity contribution is -0.136. The van der Waals surface area contributed by atoms with Gasteiger partial charge < -0.3 is 10.5 Å². The smallest absolute Gasteiger partial charge is 0.381 e. The largest absolute Gasteiger partial charge is 0.389 e. The van der Waals surface area contributed by atoms with Crippen molar-refractivity contribution in [1.82, 2.24) is 4.90 Å². The second-order valence-corrected chi connectivity index (χ2v) is 6.13. The topological polar surface area (TPSA) is 38.5 Å². The van der Waals surface area contributed by atoms with E-state index in [9.17, 15) is 13.2 Å². The van der Waals surface area contributed by atoms with Gasteiger partial charge in [0.1, 0.15) is 0 Å². The molecule has 0 aromatic heterocycles. The summed E-state index contributed by atoms with van der Waals surface area (Å²) >= 11 is 0. The summed E-state index contributed by atoms with van der Waals surface area (Å²) in [5.74, 6) is 0.460. The normalized spacial score (nSPS) is 23.9. The van der Waals surface area contributed by atoms with Crippen LogP contribution >= 0.6 is 0 Å². The number of ether oxygens (including phenoxy) is 1. The number of hydrogen-bond acceptors (Lipinski definition) is 3. The molecule has 2 unspecified atom stereocenters. The SMILES string of the molecule is CN(CC1CCCOC1)C(C)(CN)CCCC(F)(F)F. The highest BCUT2D eigenvalue weighted by atomic mass is 19.4. The molecule has 0 spiro atoms. The zero-order chi connectivity index (χ0) is 15.2. The Bertz CT molecular complexity index is 280. The van der Waals surface area contributed by atoms with Crippen molar-refractivity contribution in [2.24, 2.45) is 11.7 Å². The quantitative estimate of drug-likeness (QED) is 0.785. The molecule has 0 aromatic carbocycles. The predicted octanol–water partition coefficient (Wildman–Crippen LogP) is 2.79. The summed E-state index contributed by atoms with van der Waals surface area (Å²) in [5.41, 5.74) is 5.44. The Kier molecular flexibility index (Phi) is 6.75. The number of likely N-dealkylation sites (N-methyl/N-ethyl adjacent to an activating group) is 1. The van der Waals surface area contributed by atoms with Crippen LogP contribution in [0.15, 0.2) is 0 Å². The van der Waals surface area contributed by atoms with Gasteiger partial charge in [0.2, 0.25) is 0 Å². The zero-order valence-electron chi connectivity index (χ0n) is 12.5.